The molecule has 132 valence electrons. The first-order valence-corrected chi connectivity index (χ1v) is 15.9. The standard InChI is InChI=1S/C5H5N5.6CH3.2HI.2Pt/c6-4-3-5(9-1-7-3)10-2-8-4;;;;;;;;;;/h1-2H,(H3,6,7,8,9,10);6*1H3;2*1H;;/q;6*-1;;;2*+1/p-2. The fourth-order valence-corrected chi connectivity index (χ4v) is 0.784. The summed E-state index contributed by atoms with van der Waals surface area (Å²) < 4.78 is 0. The van der Waals surface area contributed by atoms with Crippen molar-refractivity contribution in [1.29, 1.82) is 0 Å². The van der Waals surface area contributed by atoms with Crippen LogP contribution in [0.1, 0.15) is 0 Å². The molecule has 0 radical (unpaired) electrons. The van der Waals surface area contributed by atoms with Crippen molar-refractivity contribution in [1.82, 2.24) is 19.9 Å². The van der Waals surface area contributed by atoms with Gasteiger partial charge in [-0.05, 0) is 0 Å². The van der Waals surface area contributed by atoms with Crippen molar-refractivity contribution in [2.75, 3.05) is 5.73 Å². The number of fused-ring (bicyclic) bond motifs is 1. The zero-order valence-electron chi connectivity index (χ0n) is 12.5. The number of hydrogen-bond acceptors (Lipinski definition) is 4. The molecule has 2 heterocycles. The molecule has 2 rings (SSSR count). The Morgan fingerprint density at radius 3 is 1.70 bits per heavy atom. The maximum absolute atomic E-state index is 5.48. The molecule has 0 aliphatic carbocycles. The van der Waals surface area contributed by atoms with E-state index in [2.05, 4.69) is 90.9 Å². The van der Waals surface area contributed by atoms with E-state index in [1.807, 2.05) is 0 Å². The Balaban J connectivity index is -0.0000000315. The van der Waals surface area contributed by atoms with Gasteiger partial charge in [-0.15, -0.1) is 0 Å². The number of nitrogen functional groups attached to an aromatic ring is 1. The summed E-state index contributed by atoms with van der Waals surface area (Å²) >= 11 is 8.46. The number of aromatic nitrogens is 4. The summed E-state index contributed by atoms with van der Waals surface area (Å²) in [5, 5.41) is 0. The summed E-state index contributed by atoms with van der Waals surface area (Å²) in [5.41, 5.74) is 6.78. The number of imidazole rings is 1. The summed E-state index contributed by atoms with van der Waals surface area (Å²) in [6.45, 7) is 0. The van der Waals surface area contributed by atoms with Crippen molar-refractivity contribution in [3.8, 4) is 0 Å². The van der Waals surface area contributed by atoms with Gasteiger partial charge >= 0.3 is 71.0 Å². The fourth-order valence-electron chi connectivity index (χ4n) is 0.784. The average molecular weight is 869 g/mol. The van der Waals surface area contributed by atoms with Crippen LogP contribution < -0.4 is 5.73 Å². The Labute approximate surface area is 168 Å². The van der Waals surface area contributed by atoms with E-state index < -0.39 is 0 Å². The molecule has 0 spiro atoms. The number of H-pyrrole nitrogens is 1. The van der Waals surface area contributed by atoms with E-state index in [1.165, 1.54) is 12.7 Å². The van der Waals surface area contributed by atoms with Gasteiger partial charge in [0.05, 0.1) is 6.33 Å². The molecule has 2 aromatic heterocycles. The van der Waals surface area contributed by atoms with Gasteiger partial charge in [0.1, 0.15) is 11.8 Å². The molecule has 5 nitrogen and oxygen atoms in total. The molecule has 0 aliphatic heterocycles. The third-order valence-corrected chi connectivity index (χ3v) is 1.25. The summed E-state index contributed by atoms with van der Waals surface area (Å²) in [6, 6.07) is 0. The molecule has 20 heavy (non-hydrogen) atoms. The third-order valence-electron chi connectivity index (χ3n) is 1.25. The minimum atomic E-state index is 0. The molecule has 0 aromatic carbocycles. The van der Waals surface area contributed by atoms with Crippen LogP contribution in [0.3, 0.4) is 0 Å². The first-order chi connectivity index (χ1) is 6.88. The monoisotopic (exact) mass is 869 g/mol. The molecule has 3 N–H and O–H groups in total. The summed E-state index contributed by atoms with van der Waals surface area (Å²) in [4.78, 5) is 14.4. The Bertz CT molecular complexity index is 374. The molecule has 0 fully saturated rings. The number of rotatable bonds is 0. The van der Waals surface area contributed by atoms with Gasteiger partial charge in [-0.2, -0.15) is 0 Å². The second-order valence-electron chi connectivity index (χ2n) is 1.86. The van der Waals surface area contributed by atoms with Crippen LogP contribution >= 0.6 is 38.7 Å². The van der Waals surface area contributed by atoms with Crippen molar-refractivity contribution in [3.63, 3.8) is 0 Å². The van der Waals surface area contributed by atoms with Gasteiger partial charge in [0.2, 0.25) is 0 Å². The van der Waals surface area contributed by atoms with Crippen LogP contribution in [-0.4, -0.2) is 19.9 Å². The van der Waals surface area contributed by atoms with E-state index in [1.54, 1.807) is 0 Å². The first-order valence-electron chi connectivity index (χ1n) is 3.01. The molecular weight excluding hydrogens is 846 g/mol. The Morgan fingerprint density at radius 1 is 0.850 bits per heavy atom. The predicted octanol–water partition coefficient (Wildman–Crippen LogP) is 4.40. The molecule has 0 saturated heterocycles. The fraction of sp³-hybridized carbons (Fsp3) is 0. The summed E-state index contributed by atoms with van der Waals surface area (Å²) in [6.07, 6.45) is 2.92. The molecule has 0 amide bonds. The van der Waals surface area contributed by atoms with E-state index in [9.17, 15) is 0 Å². The summed E-state index contributed by atoms with van der Waals surface area (Å²) in [5.74, 6) is 0.433. The quantitative estimate of drug-likeness (QED) is 0.304. The maximum atomic E-state index is 5.48. The van der Waals surface area contributed by atoms with Crippen molar-refractivity contribution in [2.45, 2.75) is 0 Å². The molecule has 0 unspecified atom stereocenters. The van der Waals surface area contributed by atoms with Crippen LogP contribution in [0.5, 0.6) is 0 Å². The predicted molar refractivity (Wildman–Crippen MR) is 103 cm³/mol. The van der Waals surface area contributed by atoms with Gasteiger partial charge in [0.25, 0.3) is 0 Å². The second-order valence-corrected chi connectivity index (χ2v) is 1.86. The second kappa shape index (κ2) is 28.4. The van der Waals surface area contributed by atoms with Crippen LogP contribution in [-0.2, 0) is 32.3 Å². The first kappa shape index (κ1) is 42.9. The van der Waals surface area contributed by atoms with Crippen molar-refractivity contribution in [2.24, 2.45) is 0 Å². The molecule has 0 bridgehead atoms. The van der Waals surface area contributed by atoms with Gasteiger partial charge in [-0.1, -0.05) is 0 Å². The molecule has 0 saturated carbocycles. The van der Waals surface area contributed by atoms with Gasteiger partial charge in [-0.25, -0.2) is 15.0 Å². The van der Waals surface area contributed by atoms with Crippen LogP contribution in [0.2, 0.25) is 0 Å². The van der Waals surface area contributed by atoms with Crippen LogP contribution in [0.25, 0.3) is 11.2 Å². The van der Waals surface area contributed by atoms with Crippen molar-refractivity contribution < 1.29 is 32.3 Å². The number of nitrogens with two attached hydrogens (primary N) is 1. The number of hydrogen-bond donors (Lipinski definition) is 2. The Hall–Kier alpha value is 1.19. The number of nitrogens with zero attached hydrogens (tertiary/aromatic N) is 3. The van der Waals surface area contributed by atoms with E-state index in [0.29, 0.717) is 17.0 Å². The van der Waals surface area contributed by atoms with E-state index in [4.69, 9.17) is 5.73 Å². The van der Waals surface area contributed by atoms with Crippen LogP contribution in [0.4, 0.5) is 5.82 Å². The van der Waals surface area contributed by atoms with E-state index >= 15 is 0 Å². The number of anilines is 1. The van der Waals surface area contributed by atoms with E-state index in [-0.39, 0.29) is 44.6 Å². The zero-order chi connectivity index (χ0) is 11.0. The van der Waals surface area contributed by atoms with Gasteiger partial charge in [0.15, 0.2) is 11.5 Å². The van der Waals surface area contributed by atoms with Crippen LogP contribution in [0, 0.1) is 44.6 Å². The van der Waals surface area contributed by atoms with Gasteiger partial charge in [0, 0.05) is 0 Å². The molecule has 0 atom stereocenters. The third kappa shape index (κ3) is 14.1. The molecule has 2 aromatic rings. The molecule has 0 aliphatic rings. The van der Waals surface area contributed by atoms with Crippen molar-refractivity contribution >= 4 is 55.7 Å². The van der Waals surface area contributed by atoms with Gasteiger partial charge < -0.3 is 55.3 Å². The Morgan fingerprint density at radius 2 is 1.30 bits per heavy atom. The number of aromatic amines is 1. The van der Waals surface area contributed by atoms with Crippen LogP contribution in [0.15, 0.2) is 12.7 Å². The normalized spacial score (nSPS) is 5.90. The topological polar surface area (TPSA) is 80.5 Å². The molecule has 9 heteroatoms. The SMILES string of the molecule is Nc1ncnc2nc[nH]c12.[CH3-].[CH3-].[CH3-].[CH3-].[CH3-].[CH3-].[I][Pt].[I][Pt]. The minimum absolute atomic E-state index is 0. The van der Waals surface area contributed by atoms with E-state index in [0.717, 1.165) is 0 Å². The van der Waals surface area contributed by atoms with Crippen molar-refractivity contribution in [3.05, 3.63) is 57.2 Å². The number of nitrogens with one attached hydrogen (secondary N) is 1. The Kier molecular flexibility index (Phi) is 60.8. The van der Waals surface area contributed by atoms with Gasteiger partial charge in [-0.3, -0.25) is 0 Å². The summed E-state index contributed by atoms with van der Waals surface area (Å²) in [7, 11) is 0. The zero-order valence-corrected chi connectivity index (χ0v) is 21.3. The number of halogens is 2. The average Bonchev–Trinajstić information content (AvgIpc) is 2.73. The molecular formula is C11H23I2N5Pt2-6.